The van der Waals surface area contributed by atoms with Gasteiger partial charge in [-0.05, 0) is 36.1 Å². The van der Waals surface area contributed by atoms with Gasteiger partial charge in [0.2, 0.25) is 0 Å². The van der Waals surface area contributed by atoms with Crippen LogP contribution in [0.5, 0.6) is 0 Å². The van der Waals surface area contributed by atoms with Gasteiger partial charge in [-0.15, -0.1) is 0 Å². The monoisotopic (exact) mass is 225 g/mol. The van der Waals surface area contributed by atoms with E-state index in [0.29, 0.717) is 0 Å². The lowest BCUT2D eigenvalue weighted by molar-refractivity contribution is 1.12. The zero-order valence-corrected chi connectivity index (χ0v) is 9.83. The summed E-state index contributed by atoms with van der Waals surface area (Å²) in [5, 5.41) is 15.4. The summed E-state index contributed by atoms with van der Waals surface area (Å²) in [7, 11) is 0. The molecule has 2 rings (SSSR count). The maximum atomic E-state index is 7.32. The van der Waals surface area contributed by atoms with Crippen LogP contribution in [0.4, 0.5) is 0 Å². The minimum absolute atomic E-state index is 0.786. The predicted octanol–water partition coefficient (Wildman–Crippen LogP) is 3.26. The highest BCUT2D eigenvalue weighted by atomic mass is 15.1. The molecule has 0 aliphatic heterocycles. The molecule has 3 heteroatoms. The van der Waals surface area contributed by atoms with Crippen LogP contribution < -0.4 is 0 Å². The van der Waals surface area contributed by atoms with Crippen LogP contribution in [0, 0.1) is 5.41 Å². The molecule has 0 saturated heterocycles. The molecule has 0 aliphatic carbocycles. The number of rotatable bonds is 4. The molecule has 0 fully saturated rings. The average molecular weight is 225 g/mol. The van der Waals surface area contributed by atoms with E-state index in [-0.39, 0.29) is 0 Å². The summed E-state index contributed by atoms with van der Waals surface area (Å²) in [6.45, 7) is 5.76. The smallest absolute Gasteiger partial charge is 0.0653 e. The van der Waals surface area contributed by atoms with E-state index in [1.165, 1.54) is 11.8 Å². The predicted molar refractivity (Wildman–Crippen MR) is 71.5 cm³/mol. The van der Waals surface area contributed by atoms with Crippen molar-refractivity contribution in [1.29, 1.82) is 5.41 Å². The van der Waals surface area contributed by atoms with E-state index in [2.05, 4.69) is 22.8 Å². The van der Waals surface area contributed by atoms with Crippen LogP contribution in [-0.2, 0) is 6.42 Å². The van der Waals surface area contributed by atoms with E-state index in [1.54, 1.807) is 0 Å². The summed E-state index contributed by atoms with van der Waals surface area (Å²) in [6.07, 6.45) is 5.99. The molecule has 1 aromatic carbocycles. The first kappa shape index (κ1) is 11.3. The van der Waals surface area contributed by atoms with E-state index in [0.717, 1.165) is 28.5 Å². The van der Waals surface area contributed by atoms with Crippen molar-refractivity contribution < 1.29 is 0 Å². The maximum Gasteiger partial charge on any atom is 0.0653 e. The number of fused-ring (bicyclic) bond motifs is 1. The lowest BCUT2D eigenvalue weighted by Gasteiger charge is -2.01. The summed E-state index contributed by atoms with van der Waals surface area (Å²) in [4.78, 5) is 0. The summed E-state index contributed by atoms with van der Waals surface area (Å²) in [6, 6.07) is 6.09. The maximum absolute atomic E-state index is 7.32. The normalized spacial score (nSPS) is 11.7. The molecule has 0 unspecified atom stereocenters. The highest BCUT2D eigenvalue weighted by Crippen LogP contribution is 2.17. The van der Waals surface area contributed by atoms with Crippen LogP contribution in [0.3, 0.4) is 0 Å². The molecule has 0 aliphatic rings. The number of aromatic nitrogens is 2. The second kappa shape index (κ2) is 4.78. The van der Waals surface area contributed by atoms with Gasteiger partial charge in [0.25, 0.3) is 0 Å². The molecule has 1 heterocycles. The third-order valence-corrected chi connectivity index (χ3v) is 2.77. The Bertz CT molecular complexity index is 590. The van der Waals surface area contributed by atoms with Gasteiger partial charge in [-0.3, -0.25) is 5.10 Å². The molecule has 0 amide bonds. The van der Waals surface area contributed by atoms with Gasteiger partial charge in [0, 0.05) is 11.6 Å². The highest BCUT2D eigenvalue weighted by Gasteiger charge is 2.01. The summed E-state index contributed by atoms with van der Waals surface area (Å²) >= 11 is 0. The molecule has 0 bridgehead atoms. The number of nitrogens with one attached hydrogen (secondary N) is 2. The van der Waals surface area contributed by atoms with Gasteiger partial charge in [0.15, 0.2) is 0 Å². The Morgan fingerprint density at radius 3 is 3.06 bits per heavy atom. The van der Waals surface area contributed by atoms with Crippen LogP contribution >= 0.6 is 0 Å². The van der Waals surface area contributed by atoms with Gasteiger partial charge in [0.1, 0.15) is 0 Å². The molecule has 17 heavy (non-hydrogen) atoms. The van der Waals surface area contributed by atoms with Gasteiger partial charge < -0.3 is 5.41 Å². The van der Waals surface area contributed by atoms with Crippen LogP contribution in [0.2, 0.25) is 0 Å². The standard InChI is InChI=1S/C14H15N3/c1-10(2)12(8-15)7-6-11-4-3-5-14-13(11)9-16-17-14/h3-5,7-9,15H,1,6H2,2H3,(H,16,17)/b12-7+,15-8?. The first-order chi connectivity index (χ1) is 8.22. The number of H-pyrrole nitrogens is 1. The summed E-state index contributed by atoms with van der Waals surface area (Å²) in [5.74, 6) is 0. The molecule has 2 N–H and O–H groups in total. The number of benzene rings is 1. The molecular weight excluding hydrogens is 210 g/mol. The van der Waals surface area contributed by atoms with E-state index in [1.807, 2.05) is 31.3 Å². The Morgan fingerprint density at radius 2 is 2.35 bits per heavy atom. The van der Waals surface area contributed by atoms with Crippen molar-refractivity contribution in [2.75, 3.05) is 0 Å². The van der Waals surface area contributed by atoms with Gasteiger partial charge in [0.05, 0.1) is 11.7 Å². The van der Waals surface area contributed by atoms with E-state index in [9.17, 15) is 0 Å². The first-order valence-electron chi connectivity index (χ1n) is 5.50. The quantitative estimate of drug-likeness (QED) is 0.609. The fourth-order valence-corrected chi connectivity index (χ4v) is 1.78. The lowest BCUT2D eigenvalue weighted by Crippen LogP contribution is -1.89. The Hall–Kier alpha value is -2.16. The fourth-order valence-electron chi connectivity index (χ4n) is 1.78. The van der Waals surface area contributed by atoms with E-state index in [4.69, 9.17) is 5.41 Å². The Labute approximate surface area is 100 Å². The van der Waals surface area contributed by atoms with Crippen molar-refractivity contribution in [3.63, 3.8) is 0 Å². The third-order valence-electron chi connectivity index (χ3n) is 2.77. The molecule has 0 atom stereocenters. The van der Waals surface area contributed by atoms with Crippen LogP contribution in [0.1, 0.15) is 12.5 Å². The van der Waals surface area contributed by atoms with Crippen LogP contribution in [0.25, 0.3) is 10.9 Å². The third kappa shape index (κ3) is 2.33. The Kier molecular flexibility index (Phi) is 3.19. The van der Waals surface area contributed by atoms with E-state index < -0.39 is 0 Å². The molecule has 3 nitrogen and oxygen atoms in total. The fraction of sp³-hybridized carbons (Fsp3) is 0.143. The SMILES string of the molecule is C=C(C)/C(C=N)=C/Cc1cccc2[nH]ncc12. The summed E-state index contributed by atoms with van der Waals surface area (Å²) in [5.41, 5.74) is 4.05. The number of allylic oxidation sites excluding steroid dienone is 3. The minimum atomic E-state index is 0.786. The summed E-state index contributed by atoms with van der Waals surface area (Å²) < 4.78 is 0. The van der Waals surface area contributed by atoms with Crippen molar-refractivity contribution in [2.24, 2.45) is 0 Å². The molecular formula is C14H15N3. The molecule has 0 radical (unpaired) electrons. The second-order valence-corrected chi connectivity index (χ2v) is 4.04. The van der Waals surface area contributed by atoms with Crippen molar-refractivity contribution >= 4 is 17.1 Å². The zero-order valence-electron chi connectivity index (χ0n) is 9.83. The molecule has 1 aromatic heterocycles. The molecule has 0 saturated carbocycles. The Morgan fingerprint density at radius 1 is 1.53 bits per heavy atom. The largest absolute Gasteiger partial charge is 0.308 e. The second-order valence-electron chi connectivity index (χ2n) is 4.04. The van der Waals surface area contributed by atoms with Gasteiger partial charge in [-0.1, -0.05) is 24.8 Å². The average Bonchev–Trinajstić information content (AvgIpc) is 2.78. The van der Waals surface area contributed by atoms with Gasteiger partial charge in [-0.25, -0.2) is 0 Å². The van der Waals surface area contributed by atoms with Gasteiger partial charge in [-0.2, -0.15) is 5.10 Å². The molecule has 2 aromatic rings. The van der Waals surface area contributed by atoms with Crippen molar-refractivity contribution in [3.8, 4) is 0 Å². The number of hydrogen-bond donors (Lipinski definition) is 2. The number of nitrogens with zero attached hydrogens (tertiary/aromatic N) is 1. The van der Waals surface area contributed by atoms with Crippen molar-refractivity contribution in [3.05, 3.63) is 53.8 Å². The highest BCUT2D eigenvalue weighted by molar-refractivity contribution is 5.83. The van der Waals surface area contributed by atoms with Crippen molar-refractivity contribution in [2.45, 2.75) is 13.3 Å². The van der Waals surface area contributed by atoms with Crippen LogP contribution in [-0.4, -0.2) is 16.4 Å². The number of aromatic amines is 1. The minimum Gasteiger partial charge on any atom is -0.308 e. The first-order valence-corrected chi connectivity index (χ1v) is 5.50. The Balaban J connectivity index is 2.33. The molecule has 86 valence electrons. The lowest BCUT2D eigenvalue weighted by atomic mass is 10.0. The molecule has 0 spiro atoms. The zero-order chi connectivity index (χ0) is 12.3. The number of hydrogen-bond acceptors (Lipinski definition) is 2. The van der Waals surface area contributed by atoms with Gasteiger partial charge >= 0.3 is 0 Å². The van der Waals surface area contributed by atoms with Crippen LogP contribution in [0.15, 0.2) is 48.2 Å². The van der Waals surface area contributed by atoms with E-state index >= 15 is 0 Å². The van der Waals surface area contributed by atoms with Crippen molar-refractivity contribution in [1.82, 2.24) is 10.2 Å². The topological polar surface area (TPSA) is 52.5 Å².